The van der Waals surface area contributed by atoms with Crippen LogP contribution in [0.5, 0.6) is 0 Å². The Morgan fingerprint density at radius 2 is 1.96 bits per heavy atom. The molecule has 0 saturated heterocycles. The summed E-state index contributed by atoms with van der Waals surface area (Å²) in [5.41, 5.74) is 1.33. The maximum absolute atomic E-state index is 13.1. The van der Waals surface area contributed by atoms with Crippen molar-refractivity contribution >= 4 is 35.2 Å². The molecule has 3 N–H and O–H groups in total. The number of carboxylic acids is 1. The third-order valence-electron chi connectivity index (χ3n) is 4.13. The minimum absolute atomic E-state index is 0.139. The minimum atomic E-state index is -1.09. The molecule has 27 heavy (non-hydrogen) atoms. The van der Waals surface area contributed by atoms with Crippen LogP contribution in [0.15, 0.2) is 47.4 Å². The van der Waals surface area contributed by atoms with Crippen molar-refractivity contribution in [1.29, 1.82) is 0 Å². The van der Waals surface area contributed by atoms with Gasteiger partial charge in [-0.3, -0.25) is 14.4 Å². The number of carboxylic acid groups (broad SMARTS) is 1. The number of carbonyl (C=O) groups is 3. The molecule has 0 radical (unpaired) electrons. The van der Waals surface area contributed by atoms with Crippen molar-refractivity contribution in [1.82, 2.24) is 5.32 Å². The van der Waals surface area contributed by atoms with Crippen LogP contribution in [0.1, 0.15) is 35.3 Å². The van der Waals surface area contributed by atoms with Crippen LogP contribution in [0.4, 0.5) is 10.1 Å². The summed E-state index contributed by atoms with van der Waals surface area (Å²) in [6.07, 6.45) is -0.341. The number of carbonyl (C=O) groups excluding carboxylic acids is 2. The zero-order valence-corrected chi connectivity index (χ0v) is 15.2. The van der Waals surface area contributed by atoms with Crippen molar-refractivity contribution in [3.05, 3.63) is 59.4 Å². The Bertz CT molecular complexity index is 901. The zero-order chi connectivity index (χ0) is 19.6. The van der Waals surface area contributed by atoms with Gasteiger partial charge in [-0.1, -0.05) is 12.1 Å². The normalized spacial score (nSPS) is 16.8. The van der Waals surface area contributed by atoms with Gasteiger partial charge < -0.3 is 15.7 Å². The highest BCUT2D eigenvalue weighted by atomic mass is 32.2. The predicted molar refractivity (Wildman–Crippen MR) is 99.3 cm³/mol. The molecule has 0 aliphatic carbocycles. The number of anilines is 1. The third kappa shape index (κ3) is 4.46. The lowest BCUT2D eigenvalue weighted by Crippen LogP contribution is -2.31. The first-order valence-corrected chi connectivity index (χ1v) is 9.11. The summed E-state index contributed by atoms with van der Waals surface area (Å²) in [4.78, 5) is 36.4. The average molecular weight is 388 g/mol. The number of aliphatic carboxylic acids is 1. The Balaban J connectivity index is 1.81. The molecule has 1 aliphatic rings. The molecule has 2 aromatic rings. The van der Waals surface area contributed by atoms with Gasteiger partial charge in [0.2, 0.25) is 5.91 Å². The van der Waals surface area contributed by atoms with Crippen LogP contribution in [0, 0.1) is 5.82 Å². The van der Waals surface area contributed by atoms with Gasteiger partial charge >= 0.3 is 5.97 Å². The summed E-state index contributed by atoms with van der Waals surface area (Å²) in [6.45, 7) is 1.79. The maximum Gasteiger partial charge on any atom is 0.305 e. The molecule has 140 valence electrons. The fraction of sp³-hybridized carbons (Fsp3) is 0.211. The van der Waals surface area contributed by atoms with Gasteiger partial charge in [0.15, 0.2) is 0 Å². The molecular formula is C19H17FN2O4S. The molecular weight excluding hydrogens is 371 g/mol. The topological polar surface area (TPSA) is 95.5 Å². The lowest BCUT2D eigenvalue weighted by atomic mass is 10.0. The molecule has 6 nitrogen and oxygen atoms in total. The lowest BCUT2D eigenvalue weighted by molar-refractivity contribution is -0.137. The van der Waals surface area contributed by atoms with E-state index >= 15 is 0 Å². The number of hydrogen-bond donors (Lipinski definition) is 3. The van der Waals surface area contributed by atoms with Crippen LogP contribution in [-0.2, 0) is 9.59 Å². The first-order chi connectivity index (χ1) is 12.8. The summed E-state index contributed by atoms with van der Waals surface area (Å²) < 4.78 is 13.1. The summed E-state index contributed by atoms with van der Waals surface area (Å²) in [7, 11) is 0. The van der Waals surface area contributed by atoms with Crippen LogP contribution in [0.2, 0.25) is 0 Å². The van der Waals surface area contributed by atoms with Crippen LogP contribution in [0.3, 0.4) is 0 Å². The van der Waals surface area contributed by atoms with Crippen LogP contribution in [0.25, 0.3) is 0 Å². The van der Waals surface area contributed by atoms with Crippen molar-refractivity contribution in [3.8, 4) is 0 Å². The summed E-state index contributed by atoms with van der Waals surface area (Å²) in [6, 6.07) is 9.41. The summed E-state index contributed by atoms with van der Waals surface area (Å²) >= 11 is 1.40. The molecule has 3 rings (SSSR count). The zero-order valence-electron chi connectivity index (χ0n) is 14.4. The van der Waals surface area contributed by atoms with Gasteiger partial charge in [0.05, 0.1) is 23.4 Å². The first-order valence-electron chi connectivity index (χ1n) is 8.23. The molecule has 0 bridgehead atoms. The Labute approximate surface area is 159 Å². The lowest BCUT2D eigenvalue weighted by Gasteiger charge is -2.22. The number of benzene rings is 2. The Morgan fingerprint density at radius 3 is 2.63 bits per heavy atom. The van der Waals surface area contributed by atoms with E-state index in [0.29, 0.717) is 16.8 Å². The second-order valence-electron chi connectivity index (χ2n) is 6.14. The summed E-state index contributed by atoms with van der Waals surface area (Å²) in [5, 5.41) is 14.3. The van der Waals surface area contributed by atoms with Gasteiger partial charge in [-0.15, -0.1) is 11.8 Å². The fourth-order valence-electron chi connectivity index (χ4n) is 2.71. The first kappa shape index (κ1) is 18.9. The van der Waals surface area contributed by atoms with Gasteiger partial charge in [-0.05, 0) is 42.8 Å². The van der Waals surface area contributed by atoms with Crippen LogP contribution in [-0.4, -0.2) is 28.1 Å². The van der Waals surface area contributed by atoms with Crippen molar-refractivity contribution in [3.63, 3.8) is 0 Å². The maximum atomic E-state index is 13.1. The van der Waals surface area contributed by atoms with Gasteiger partial charge in [0.1, 0.15) is 5.82 Å². The molecule has 8 heteroatoms. The van der Waals surface area contributed by atoms with E-state index < -0.39 is 23.7 Å². The second kappa shape index (κ2) is 7.79. The quantitative estimate of drug-likeness (QED) is 0.731. The molecule has 1 heterocycles. The standard InChI is InChI=1S/C19H17FN2O4S/c1-10-18(25)22-15-8-12(4-7-16(15)27-10)19(26)21-14(9-17(23)24)11-2-5-13(20)6-3-11/h2-8,10,14H,9H2,1H3,(H,21,26)(H,22,25)(H,23,24)/t10-,14-/m0/s1. The molecule has 0 saturated carbocycles. The molecule has 0 spiro atoms. The van der Waals surface area contributed by atoms with Crippen molar-refractivity contribution < 1.29 is 23.9 Å². The predicted octanol–water partition coefficient (Wildman–Crippen LogP) is 3.20. The monoisotopic (exact) mass is 388 g/mol. The number of hydrogen-bond acceptors (Lipinski definition) is 4. The molecule has 2 amide bonds. The molecule has 1 aliphatic heterocycles. The van der Waals surface area contributed by atoms with Crippen LogP contribution < -0.4 is 10.6 Å². The molecule has 0 fully saturated rings. The molecule has 0 aromatic heterocycles. The average Bonchev–Trinajstić information content (AvgIpc) is 2.62. The summed E-state index contributed by atoms with van der Waals surface area (Å²) in [5.74, 6) is -2.16. The van der Waals surface area contributed by atoms with E-state index in [1.807, 2.05) is 0 Å². The second-order valence-corrected chi connectivity index (χ2v) is 7.52. The largest absolute Gasteiger partial charge is 0.481 e. The highest BCUT2D eigenvalue weighted by Gasteiger charge is 2.25. The minimum Gasteiger partial charge on any atom is -0.481 e. The van der Waals surface area contributed by atoms with Gasteiger partial charge in [-0.2, -0.15) is 0 Å². The van der Waals surface area contributed by atoms with E-state index in [-0.39, 0.29) is 17.6 Å². The van der Waals surface area contributed by atoms with E-state index in [2.05, 4.69) is 10.6 Å². The Morgan fingerprint density at radius 1 is 1.26 bits per heavy atom. The van der Waals surface area contributed by atoms with E-state index in [1.54, 1.807) is 25.1 Å². The smallest absolute Gasteiger partial charge is 0.305 e. The Kier molecular flexibility index (Phi) is 5.46. The van der Waals surface area contributed by atoms with Crippen LogP contribution >= 0.6 is 11.8 Å². The highest BCUT2D eigenvalue weighted by molar-refractivity contribution is 8.00. The number of thioether (sulfide) groups is 1. The van der Waals surface area contributed by atoms with Crippen molar-refractivity contribution in [2.75, 3.05) is 5.32 Å². The van der Waals surface area contributed by atoms with E-state index in [9.17, 15) is 18.8 Å². The number of fused-ring (bicyclic) bond motifs is 1. The van der Waals surface area contributed by atoms with Gasteiger partial charge in [0, 0.05) is 10.5 Å². The van der Waals surface area contributed by atoms with E-state index in [0.717, 1.165) is 4.90 Å². The molecule has 0 unspecified atom stereocenters. The van der Waals surface area contributed by atoms with Crippen molar-refractivity contribution in [2.45, 2.75) is 29.5 Å². The van der Waals surface area contributed by atoms with Crippen molar-refractivity contribution in [2.24, 2.45) is 0 Å². The Hall–Kier alpha value is -2.87. The number of nitrogens with one attached hydrogen (secondary N) is 2. The van der Waals surface area contributed by atoms with E-state index in [4.69, 9.17) is 5.11 Å². The van der Waals surface area contributed by atoms with Gasteiger partial charge in [0.25, 0.3) is 5.91 Å². The number of amides is 2. The SMILES string of the molecule is C[C@@H]1Sc2ccc(C(=O)N[C@@H](CC(=O)O)c3ccc(F)cc3)cc2NC1=O. The molecule has 2 aromatic carbocycles. The highest BCUT2D eigenvalue weighted by Crippen LogP contribution is 2.36. The third-order valence-corrected chi connectivity index (χ3v) is 5.31. The fourth-order valence-corrected chi connectivity index (χ4v) is 3.64. The molecule has 2 atom stereocenters. The van der Waals surface area contributed by atoms with E-state index in [1.165, 1.54) is 36.0 Å². The number of halogens is 1. The number of rotatable bonds is 5. The van der Waals surface area contributed by atoms with Gasteiger partial charge in [-0.25, -0.2) is 4.39 Å².